The minimum atomic E-state index is -0.490. The molecule has 13 heavy (non-hydrogen) atoms. The summed E-state index contributed by atoms with van der Waals surface area (Å²) in [5, 5.41) is 10.2. The van der Waals surface area contributed by atoms with Gasteiger partial charge in [0.15, 0.2) is 0 Å². The van der Waals surface area contributed by atoms with Crippen LogP contribution in [0.5, 0.6) is 5.75 Å². The van der Waals surface area contributed by atoms with Gasteiger partial charge in [0.05, 0.1) is 12.7 Å². The molecule has 5 heteroatoms. The zero-order chi connectivity index (χ0) is 9.84. The highest BCUT2D eigenvalue weighted by Crippen LogP contribution is 2.19. The second kappa shape index (κ2) is 3.84. The van der Waals surface area contributed by atoms with E-state index >= 15 is 0 Å². The quantitative estimate of drug-likeness (QED) is 0.531. The Balaban J connectivity index is 2.99. The Morgan fingerprint density at radius 2 is 2.31 bits per heavy atom. The molecule has 1 aromatic carbocycles. The molecular formula is C8H8FNO3. The standard InChI is InChI=1S/C8H8FNO3/c1-13-8-4-7(9)3-2-6(8)5-10(11)12/h2-4H,5H2,1H3. The van der Waals surface area contributed by atoms with E-state index in [4.69, 9.17) is 4.74 Å². The predicted octanol–water partition coefficient (Wildman–Crippen LogP) is 1.61. The van der Waals surface area contributed by atoms with E-state index in [1.54, 1.807) is 0 Å². The first-order chi connectivity index (χ1) is 6.13. The Morgan fingerprint density at radius 1 is 1.62 bits per heavy atom. The lowest BCUT2D eigenvalue weighted by atomic mass is 10.2. The smallest absolute Gasteiger partial charge is 0.232 e. The van der Waals surface area contributed by atoms with Crippen LogP contribution in [0.4, 0.5) is 4.39 Å². The highest BCUT2D eigenvalue weighted by atomic mass is 19.1. The molecule has 0 radical (unpaired) electrons. The van der Waals surface area contributed by atoms with Crippen molar-refractivity contribution in [3.05, 3.63) is 39.7 Å². The summed E-state index contributed by atoms with van der Waals surface area (Å²) in [6.07, 6.45) is 0. The van der Waals surface area contributed by atoms with Crippen LogP contribution in [0.2, 0.25) is 0 Å². The van der Waals surface area contributed by atoms with Crippen LogP contribution < -0.4 is 4.74 Å². The van der Waals surface area contributed by atoms with Crippen molar-refractivity contribution < 1.29 is 14.1 Å². The predicted molar refractivity (Wildman–Crippen MR) is 43.7 cm³/mol. The average Bonchev–Trinajstić information content (AvgIpc) is 2.07. The topological polar surface area (TPSA) is 52.4 Å². The van der Waals surface area contributed by atoms with Crippen LogP contribution in [-0.4, -0.2) is 12.0 Å². The number of nitro groups is 1. The molecule has 0 aliphatic heterocycles. The summed E-state index contributed by atoms with van der Waals surface area (Å²) >= 11 is 0. The minimum absolute atomic E-state index is 0.205. The molecule has 0 atom stereocenters. The van der Waals surface area contributed by atoms with E-state index in [1.807, 2.05) is 0 Å². The SMILES string of the molecule is COc1cc(F)ccc1C[N+](=O)[O-]. The van der Waals surface area contributed by atoms with Gasteiger partial charge in [-0.15, -0.1) is 0 Å². The van der Waals surface area contributed by atoms with E-state index in [9.17, 15) is 14.5 Å². The highest BCUT2D eigenvalue weighted by Gasteiger charge is 2.09. The van der Waals surface area contributed by atoms with Crippen molar-refractivity contribution in [2.24, 2.45) is 0 Å². The van der Waals surface area contributed by atoms with Gasteiger partial charge >= 0.3 is 0 Å². The van der Waals surface area contributed by atoms with Gasteiger partial charge in [0.2, 0.25) is 6.54 Å². The molecule has 0 N–H and O–H groups in total. The molecular weight excluding hydrogens is 177 g/mol. The van der Waals surface area contributed by atoms with E-state index in [-0.39, 0.29) is 12.3 Å². The minimum Gasteiger partial charge on any atom is -0.496 e. The van der Waals surface area contributed by atoms with Crippen molar-refractivity contribution in [2.45, 2.75) is 6.54 Å². The van der Waals surface area contributed by atoms with Gasteiger partial charge in [0.1, 0.15) is 11.6 Å². The van der Waals surface area contributed by atoms with E-state index in [1.165, 1.54) is 19.2 Å². The fourth-order valence-corrected chi connectivity index (χ4v) is 0.988. The molecule has 0 aromatic heterocycles. The van der Waals surface area contributed by atoms with Crippen LogP contribution in [0, 0.1) is 15.9 Å². The fraction of sp³-hybridized carbons (Fsp3) is 0.250. The van der Waals surface area contributed by atoms with Crippen LogP contribution >= 0.6 is 0 Å². The van der Waals surface area contributed by atoms with E-state index in [0.717, 1.165) is 6.07 Å². The maximum Gasteiger partial charge on any atom is 0.232 e. The van der Waals surface area contributed by atoms with Crippen LogP contribution in [0.25, 0.3) is 0 Å². The van der Waals surface area contributed by atoms with Crippen LogP contribution in [0.3, 0.4) is 0 Å². The molecule has 0 heterocycles. The third kappa shape index (κ3) is 2.40. The summed E-state index contributed by atoms with van der Waals surface area (Å²) in [7, 11) is 1.35. The first-order valence-corrected chi connectivity index (χ1v) is 3.57. The fourth-order valence-electron chi connectivity index (χ4n) is 0.988. The van der Waals surface area contributed by atoms with Crippen molar-refractivity contribution in [3.63, 3.8) is 0 Å². The zero-order valence-electron chi connectivity index (χ0n) is 6.99. The lowest BCUT2D eigenvalue weighted by molar-refractivity contribution is -0.496. The molecule has 0 saturated heterocycles. The van der Waals surface area contributed by atoms with Crippen molar-refractivity contribution in [1.29, 1.82) is 0 Å². The number of benzene rings is 1. The third-order valence-corrected chi connectivity index (χ3v) is 1.55. The van der Waals surface area contributed by atoms with E-state index < -0.39 is 10.7 Å². The van der Waals surface area contributed by atoms with Gasteiger partial charge in [0, 0.05) is 11.0 Å². The lowest BCUT2D eigenvalue weighted by Crippen LogP contribution is -2.01. The molecule has 0 fully saturated rings. The molecule has 0 saturated carbocycles. The van der Waals surface area contributed by atoms with Gasteiger partial charge in [-0.1, -0.05) is 0 Å². The van der Waals surface area contributed by atoms with Gasteiger partial charge in [-0.25, -0.2) is 4.39 Å². The number of rotatable bonds is 3. The monoisotopic (exact) mass is 185 g/mol. The molecule has 0 aliphatic rings. The van der Waals surface area contributed by atoms with Crippen molar-refractivity contribution in [3.8, 4) is 5.75 Å². The normalized spacial score (nSPS) is 9.69. The van der Waals surface area contributed by atoms with E-state index in [0.29, 0.717) is 5.56 Å². The Bertz CT molecular complexity index is 327. The molecule has 1 aromatic rings. The van der Waals surface area contributed by atoms with Crippen LogP contribution in [0.15, 0.2) is 18.2 Å². The maximum absolute atomic E-state index is 12.6. The number of halogens is 1. The van der Waals surface area contributed by atoms with Crippen molar-refractivity contribution in [2.75, 3.05) is 7.11 Å². The molecule has 1 rings (SSSR count). The Kier molecular flexibility index (Phi) is 2.79. The summed E-state index contributed by atoms with van der Waals surface area (Å²) in [5.74, 6) is -0.263. The number of ether oxygens (including phenoxy) is 1. The van der Waals surface area contributed by atoms with Crippen LogP contribution in [-0.2, 0) is 6.54 Å². The molecule has 4 nitrogen and oxygen atoms in total. The highest BCUT2D eigenvalue weighted by molar-refractivity contribution is 5.33. The Labute approximate surface area is 74.1 Å². The molecule has 0 bridgehead atoms. The summed E-state index contributed by atoms with van der Waals surface area (Å²) in [4.78, 5) is 9.69. The summed E-state index contributed by atoms with van der Waals surface area (Å²) in [6.45, 7) is -0.358. The molecule has 70 valence electrons. The lowest BCUT2D eigenvalue weighted by Gasteiger charge is -2.03. The number of methoxy groups -OCH3 is 1. The second-order valence-corrected chi connectivity index (χ2v) is 2.45. The summed E-state index contributed by atoms with van der Waals surface area (Å²) in [6, 6.07) is 3.64. The van der Waals surface area contributed by atoms with Crippen molar-refractivity contribution in [1.82, 2.24) is 0 Å². The van der Waals surface area contributed by atoms with Gasteiger partial charge in [0.25, 0.3) is 0 Å². The third-order valence-electron chi connectivity index (χ3n) is 1.55. The Hall–Kier alpha value is -1.65. The number of hydrogen-bond donors (Lipinski definition) is 0. The maximum atomic E-state index is 12.6. The molecule has 0 unspecified atom stereocenters. The van der Waals surface area contributed by atoms with Gasteiger partial charge in [-0.3, -0.25) is 10.1 Å². The molecule has 0 aliphatic carbocycles. The average molecular weight is 185 g/mol. The largest absolute Gasteiger partial charge is 0.496 e. The molecule has 0 spiro atoms. The zero-order valence-corrected chi connectivity index (χ0v) is 6.99. The second-order valence-electron chi connectivity index (χ2n) is 2.45. The first kappa shape index (κ1) is 9.44. The number of nitrogens with zero attached hydrogens (tertiary/aromatic N) is 1. The summed E-state index contributed by atoms with van der Waals surface area (Å²) in [5.41, 5.74) is 0.369. The molecule has 0 amide bonds. The first-order valence-electron chi connectivity index (χ1n) is 3.57. The number of hydrogen-bond acceptors (Lipinski definition) is 3. The van der Waals surface area contributed by atoms with E-state index in [2.05, 4.69) is 0 Å². The Morgan fingerprint density at radius 3 is 2.85 bits per heavy atom. The van der Waals surface area contributed by atoms with Gasteiger partial charge in [-0.2, -0.15) is 0 Å². The summed E-state index contributed by atoms with van der Waals surface area (Å²) < 4.78 is 17.4. The van der Waals surface area contributed by atoms with Crippen molar-refractivity contribution >= 4 is 0 Å². The van der Waals surface area contributed by atoms with Crippen LogP contribution in [0.1, 0.15) is 5.56 Å². The van der Waals surface area contributed by atoms with Gasteiger partial charge in [-0.05, 0) is 12.1 Å². The van der Waals surface area contributed by atoms with Gasteiger partial charge < -0.3 is 4.74 Å².